The minimum absolute atomic E-state index is 0.523. The van der Waals surface area contributed by atoms with Crippen molar-refractivity contribution in [2.75, 3.05) is 20.1 Å². The predicted molar refractivity (Wildman–Crippen MR) is 90.7 cm³/mol. The van der Waals surface area contributed by atoms with Gasteiger partial charge in [-0.05, 0) is 18.4 Å². The fraction of sp³-hybridized carbons (Fsp3) is 0.625. The molecule has 1 N–H and O–H groups in total. The average Bonchev–Trinajstić information content (AvgIpc) is 3.32. The highest BCUT2D eigenvalue weighted by atomic mass is 15.3. The number of aromatic nitrogens is 5. The Morgan fingerprint density at radius 1 is 1.38 bits per heavy atom. The van der Waals surface area contributed by atoms with Crippen LogP contribution in [0.4, 0.5) is 0 Å². The number of likely N-dealkylation sites (tertiary alicyclic amines) is 1. The maximum atomic E-state index is 4.45. The van der Waals surface area contributed by atoms with Crippen LogP contribution in [-0.2, 0) is 26.6 Å². The topological polar surface area (TPSA) is 76.2 Å². The number of aliphatic imine (C=N–C) groups is 1. The summed E-state index contributed by atoms with van der Waals surface area (Å²) < 4.78 is 4.10. The molecule has 2 aromatic heterocycles. The molecule has 1 unspecified atom stereocenters. The van der Waals surface area contributed by atoms with Crippen LogP contribution in [-0.4, -0.2) is 55.5 Å². The van der Waals surface area contributed by atoms with Crippen LogP contribution < -0.4 is 5.32 Å². The van der Waals surface area contributed by atoms with Crippen LogP contribution in [0.25, 0.3) is 0 Å². The lowest BCUT2D eigenvalue weighted by atomic mass is 10.0. The summed E-state index contributed by atoms with van der Waals surface area (Å²) in [6, 6.07) is 0. The highest BCUT2D eigenvalue weighted by molar-refractivity contribution is 5.80. The Bertz CT molecular complexity index is 743. The SMILES string of the molecule is CN=C(NCc1nnc2n1CCC2)N1CCC(c2cnn(C)c2)C1. The van der Waals surface area contributed by atoms with E-state index in [1.807, 2.05) is 25.0 Å². The fourth-order valence-corrected chi connectivity index (χ4v) is 3.71. The molecule has 1 saturated heterocycles. The van der Waals surface area contributed by atoms with E-state index < -0.39 is 0 Å². The van der Waals surface area contributed by atoms with Crippen LogP contribution >= 0.6 is 0 Å². The van der Waals surface area contributed by atoms with Gasteiger partial charge in [-0.1, -0.05) is 0 Å². The molecule has 2 aliphatic rings. The number of hydrogen-bond donors (Lipinski definition) is 1. The number of nitrogens with zero attached hydrogens (tertiary/aromatic N) is 7. The average molecular weight is 328 g/mol. The molecular formula is C16H24N8. The van der Waals surface area contributed by atoms with Crippen LogP contribution in [0.2, 0.25) is 0 Å². The number of rotatable bonds is 3. The van der Waals surface area contributed by atoms with Crippen LogP contribution in [0.5, 0.6) is 0 Å². The van der Waals surface area contributed by atoms with E-state index in [2.05, 4.69) is 41.3 Å². The van der Waals surface area contributed by atoms with Gasteiger partial charge in [-0.3, -0.25) is 9.67 Å². The van der Waals surface area contributed by atoms with Crippen LogP contribution in [0, 0.1) is 0 Å². The van der Waals surface area contributed by atoms with Crippen molar-refractivity contribution in [2.45, 2.75) is 38.3 Å². The molecule has 2 aliphatic heterocycles. The van der Waals surface area contributed by atoms with Gasteiger partial charge in [0.1, 0.15) is 5.82 Å². The highest BCUT2D eigenvalue weighted by Crippen LogP contribution is 2.26. The lowest BCUT2D eigenvalue weighted by molar-refractivity contribution is 0.482. The Morgan fingerprint density at radius 2 is 2.29 bits per heavy atom. The number of nitrogens with one attached hydrogen (secondary N) is 1. The molecular weight excluding hydrogens is 304 g/mol. The predicted octanol–water partition coefficient (Wildman–Crippen LogP) is 0.523. The molecule has 128 valence electrons. The van der Waals surface area contributed by atoms with Gasteiger partial charge in [0.25, 0.3) is 0 Å². The molecule has 0 bridgehead atoms. The number of hydrogen-bond acceptors (Lipinski definition) is 4. The van der Waals surface area contributed by atoms with Gasteiger partial charge in [0, 0.05) is 52.3 Å². The third kappa shape index (κ3) is 2.76. The van der Waals surface area contributed by atoms with Crippen LogP contribution in [0.3, 0.4) is 0 Å². The monoisotopic (exact) mass is 328 g/mol. The summed E-state index contributed by atoms with van der Waals surface area (Å²) in [6.45, 7) is 3.69. The number of aryl methyl sites for hydroxylation is 2. The van der Waals surface area contributed by atoms with Crippen LogP contribution in [0.1, 0.15) is 36.0 Å². The van der Waals surface area contributed by atoms with E-state index in [-0.39, 0.29) is 0 Å². The molecule has 1 fully saturated rings. The molecule has 2 aromatic rings. The molecule has 0 aromatic carbocycles. The fourth-order valence-electron chi connectivity index (χ4n) is 3.71. The summed E-state index contributed by atoms with van der Waals surface area (Å²) in [5.41, 5.74) is 1.31. The van der Waals surface area contributed by atoms with Gasteiger partial charge >= 0.3 is 0 Å². The van der Waals surface area contributed by atoms with Crippen molar-refractivity contribution in [3.8, 4) is 0 Å². The second-order valence-corrected chi connectivity index (χ2v) is 6.57. The number of fused-ring (bicyclic) bond motifs is 1. The Hall–Kier alpha value is -2.38. The van der Waals surface area contributed by atoms with Crippen LogP contribution in [0.15, 0.2) is 17.4 Å². The Balaban J connectivity index is 1.38. The highest BCUT2D eigenvalue weighted by Gasteiger charge is 2.27. The van der Waals surface area contributed by atoms with E-state index in [0.717, 1.165) is 50.1 Å². The minimum atomic E-state index is 0.523. The largest absolute Gasteiger partial charge is 0.349 e. The zero-order valence-electron chi connectivity index (χ0n) is 14.3. The number of guanidine groups is 1. The molecule has 24 heavy (non-hydrogen) atoms. The molecule has 0 amide bonds. The van der Waals surface area contributed by atoms with Crippen molar-refractivity contribution in [1.29, 1.82) is 0 Å². The Kier molecular flexibility index (Phi) is 3.95. The third-order valence-corrected chi connectivity index (χ3v) is 4.99. The minimum Gasteiger partial charge on any atom is -0.349 e. The lowest BCUT2D eigenvalue weighted by Gasteiger charge is -2.21. The zero-order chi connectivity index (χ0) is 16.5. The molecule has 8 heteroatoms. The summed E-state index contributed by atoms with van der Waals surface area (Å²) in [7, 11) is 3.81. The molecule has 8 nitrogen and oxygen atoms in total. The van der Waals surface area contributed by atoms with Gasteiger partial charge in [-0.15, -0.1) is 10.2 Å². The van der Waals surface area contributed by atoms with Crippen molar-refractivity contribution in [1.82, 2.24) is 34.8 Å². The smallest absolute Gasteiger partial charge is 0.194 e. The van der Waals surface area contributed by atoms with Gasteiger partial charge in [0.2, 0.25) is 0 Å². The zero-order valence-corrected chi connectivity index (χ0v) is 14.3. The first-order chi connectivity index (χ1) is 11.7. The Morgan fingerprint density at radius 3 is 3.08 bits per heavy atom. The van der Waals surface area contributed by atoms with Crippen molar-refractivity contribution in [3.63, 3.8) is 0 Å². The first kappa shape index (κ1) is 15.2. The van der Waals surface area contributed by atoms with E-state index in [9.17, 15) is 0 Å². The van der Waals surface area contributed by atoms with Gasteiger partial charge in [-0.2, -0.15) is 5.10 Å². The van der Waals surface area contributed by atoms with Crippen molar-refractivity contribution < 1.29 is 0 Å². The lowest BCUT2D eigenvalue weighted by Crippen LogP contribution is -2.40. The maximum absolute atomic E-state index is 4.45. The van der Waals surface area contributed by atoms with E-state index in [0.29, 0.717) is 12.5 Å². The van der Waals surface area contributed by atoms with E-state index >= 15 is 0 Å². The van der Waals surface area contributed by atoms with E-state index in [1.54, 1.807) is 0 Å². The normalized spacial score (nSPS) is 20.7. The second kappa shape index (κ2) is 6.26. The first-order valence-electron chi connectivity index (χ1n) is 8.59. The maximum Gasteiger partial charge on any atom is 0.194 e. The van der Waals surface area contributed by atoms with Crippen molar-refractivity contribution in [3.05, 3.63) is 29.6 Å². The van der Waals surface area contributed by atoms with Crippen molar-refractivity contribution in [2.24, 2.45) is 12.0 Å². The molecule has 1 atom stereocenters. The molecule has 0 radical (unpaired) electrons. The summed E-state index contributed by atoms with van der Waals surface area (Å²) in [4.78, 5) is 6.77. The summed E-state index contributed by atoms with van der Waals surface area (Å²) in [6.07, 6.45) is 7.44. The molecule has 0 spiro atoms. The standard InChI is InChI=1S/C16H24N8/c1-17-16(18-9-15-21-20-14-4-3-6-24(14)15)23-7-5-12(11-23)13-8-19-22(2)10-13/h8,10,12H,3-7,9,11H2,1-2H3,(H,17,18). The summed E-state index contributed by atoms with van der Waals surface area (Å²) >= 11 is 0. The van der Waals surface area contributed by atoms with E-state index in [1.165, 1.54) is 12.0 Å². The molecule has 4 heterocycles. The summed E-state index contributed by atoms with van der Waals surface area (Å²) in [5.74, 6) is 3.58. The first-order valence-corrected chi connectivity index (χ1v) is 8.59. The van der Waals surface area contributed by atoms with Gasteiger partial charge in [0.15, 0.2) is 11.8 Å². The molecule has 4 rings (SSSR count). The molecule has 0 saturated carbocycles. The van der Waals surface area contributed by atoms with Crippen molar-refractivity contribution >= 4 is 5.96 Å². The second-order valence-electron chi connectivity index (χ2n) is 6.57. The third-order valence-electron chi connectivity index (χ3n) is 4.99. The summed E-state index contributed by atoms with van der Waals surface area (Å²) in [5, 5.41) is 16.3. The van der Waals surface area contributed by atoms with Gasteiger partial charge in [-0.25, -0.2) is 0 Å². The van der Waals surface area contributed by atoms with E-state index in [4.69, 9.17) is 0 Å². The quantitative estimate of drug-likeness (QED) is 0.657. The van der Waals surface area contributed by atoms with Gasteiger partial charge < -0.3 is 14.8 Å². The Labute approximate surface area is 141 Å². The van der Waals surface area contributed by atoms with Gasteiger partial charge in [0.05, 0.1) is 12.7 Å². The molecule has 0 aliphatic carbocycles.